The molecule has 0 spiro atoms. The Morgan fingerprint density at radius 2 is 2.18 bits per heavy atom. The molecule has 0 saturated heterocycles. The Bertz CT molecular complexity index is 384. The Morgan fingerprint density at radius 1 is 1.41 bits per heavy atom. The summed E-state index contributed by atoms with van der Waals surface area (Å²) in [6, 6.07) is 1.97. The molecule has 0 amide bonds. The molecule has 0 aromatic carbocycles. The van der Waals surface area contributed by atoms with Crippen molar-refractivity contribution in [1.82, 2.24) is 0 Å². The molecule has 1 aromatic heterocycles. The van der Waals surface area contributed by atoms with Gasteiger partial charge in [0, 0.05) is 10.4 Å². The van der Waals surface area contributed by atoms with Crippen molar-refractivity contribution in [3.63, 3.8) is 0 Å². The molecule has 0 radical (unpaired) electrons. The van der Waals surface area contributed by atoms with E-state index in [0.29, 0.717) is 12.5 Å². The van der Waals surface area contributed by atoms with Crippen LogP contribution in [0.1, 0.15) is 37.6 Å². The summed E-state index contributed by atoms with van der Waals surface area (Å²) in [7, 11) is 0. The summed E-state index contributed by atoms with van der Waals surface area (Å²) >= 11 is 1.65. The van der Waals surface area contributed by atoms with Crippen LogP contribution >= 0.6 is 11.3 Å². The van der Waals surface area contributed by atoms with Crippen molar-refractivity contribution in [3.8, 4) is 11.8 Å². The van der Waals surface area contributed by atoms with Gasteiger partial charge in [0.15, 0.2) is 0 Å². The molecule has 1 N–H and O–H groups in total. The lowest BCUT2D eigenvalue weighted by Crippen LogP contribution is -2.10. The highest BCUT2D eigenvalue weighted by Gasteiger charge is 2.08. The van der Waals surface area contributed by atoms with Gasteiger partial charge in [-0.25, -0.2) is 0 Å². The molecule has 0 aliphatic heterocycles. The molecule has 3 heteroatoms. The van der Waals surface area contributed by atoms with E-state index in [0.717, 1.165) is 16.9 Å². The molecule has 0 aliphatic rings. The second-order valence-electron chi connectivity index (χ2n) is 4.47. The second-order valence-corrected chi connectivity index (χ2v) is 5.47. The van der Waals surface area contributed by atoms with E-state index in [1.807, 2.05) is 11.4 Å². The van der Waals surface area contributed by atoms with E-state index < -0.39 is 0 Å². The Morgan fingerprint density at radius 3 is 2.82 bits per heavy atom. The normalized spacial score (nSPS) is 12.3. The zero-order valence-corrected chi connectivity index (χ0v) is 11.5. The van der Waals surface area contributed by atoms with Gasteiger partial charge < -0.3 is 9.84 Å². The SMILES string of the molecule is CC(C)CC(C)OCc1sccc1C#CCO. The molecule has 0 saturated carbocycles. The lowest BCUT2D eigenvalue weighted by Gasteiger charge is -2.14. The maximum Gasteiger partial charge on any atom is 0.104 e. The number of hydrogen-bond donors (Lipinski definition) is 1. The smallest absolute Gasteiger partial charge is 0.104 e. The molecule has 1 rings (SSSR count). The summed E-state index contributed by atoms with van der Waals surface area (Å²) in [4.78, 5) is 1.14. The minimum atomic E-state index is -0.0973. The van der Waals surface area contributed by atoms with Gasteiger partial charge in [-0.05, 0) is 30.7 Å². The molecule has 94 valence electrons. The first-order valence-electron chi connectivity index (χ1n) is 5.91. The number of rotatable bonds is 5. The van der Waals surface area contributed by atoms with Gasteiger partial charge >= 0.3 is 0 Å². The molecule has 0 bridgehead atoms. The predicted molar refractivity (Wildman–Crippen MR) is 72.0 cm³/mol. The van der Waals surface area contributed by atoms with E-state index in [4.69, 9.17) is 9.84 Å². The van der Waals surface area contributed by atoms with Gasteiger partial charge in [0.1, 0.15) is 6.61 Å². The van der Waals surface area contributed by atoms with E-state index >= 15 is 0 Å². The van der Waals surface area contributed by atoms with E-state index in [1.54, 1.807) is 11.3 Å². The molecule has 1 atom stereocenters. The lowest BCUT2D eigenvalue weighted by molar-refractivity contribution is 0.0411. The van der Waals surface area contributed by atoms with Gasteiger partial charge in [-0.15, -0.1) is 11.3 Å². The third kappa shape index (κ3) is 5.36. The van der Waals surface area contributed by atoms with Crippen LogP contribution in [0.4, 0.5) is 0 Å². The first kappa shape index (κ1) is 14.2. The fourth-order valence-electron chi connectivity index (χ4n) is 1.65. The summed E-state index contributed by atoms with van der Waals surface area (Å²) in [5, 5.41) is 10.7. The van der Waals surface area contributed by atoms with Crippen LogP contribution in [-0.2, 0) is 11.3 Å². The molecule has 0 aliphatic carbocycles. The number of aliphatic hydroxyl groups is 1. The number of aliphatic hydroxyl groups excluding tert-OH is 1. The minimum Gasteiger partial charge on any atom is -0.384 e. The van der Waals surface area contributed by atoms with Crippen molar-refractivity contribution in [2.45, 2.75) is 39.9 Å². The van der Waals surface area contributed by atoms with E-state index in [1.165, 1.54) is 0 Å². The molecule has 0 fully saturated rings. The largest absolute Gasteiger partial charge is 0.384 e. The monoisotopic (exact) mass is 252 g/mol. The van der Waals surface area contributed by atoms with Gasteiger partial charge in [-0.1, -0.05) is 25.7 Å². The van der Waals surface area contributed by atoms with Gasteiger partial charge in [0.2, 0.25) is 0 Å². The average Bonchev–Trinajstić information content (AvgIpc) is 2.70. The minimum absolute atomic E-state index is 0.0973. The fourth-order valence-corrected chi connectivity index (χ4v) is 2.40. The molecule has 1 heterocycles. The highest BCUT2D eigenvalue weighted by molar-refractivity contribution is 7.10. The maximum atomic E-state index is 8.67. The molecular weight excluding hydrogens is 232 g/mol. The highest BCUT2D eigenvalue weighted by Crippen LogP contribution is 2.18. The Kier molecular flexibility index (Phi) is 6.28. The molecule has 2 nitrogen and oxygen atoms in total. The fraction of sp³-hybridized carbons (Fsp3) is 0.571. The zero-order valence-electron chi connectivity index (χ0n) is 10.7. The van der Waals surface area contributed by atoms with Gasteiger partial charge in [-0.3, -0.25) is 0 Å². The van der Waals surface area contributed by atoms with Crippen molar-refractivity contribution < 1.29 is 9.84 Å². The van der Waals surface area contributed by atoms with Crippen LogP contribution in [0, 0.1) is 17.8 Å². The summed E-state index contributed by atoms with van der Waals surface area (Å²) in [6.45, 7) is 7.01. The summed E-state index contributed by atoms with van der Waals surface area (Å²) < 4.78 is 5.80. The Labute approximate surface area is 108 Å². The molecule has 17 heavy (non-hydrogen) atoms. The molecule has 1 unspecified atom stereocenters. The average molecular weight is 252 g/mol. The van der Waals surface area contributed by atoms with E-state index in [2.05, 4.69) is 32.6 Å². The maximum absolute atomic E-state index is 8.67. The van der Waals surface area contributed by atoms with Crippen LogP contribution in [0.15, 0.2) is 11.4 Å². The van der Waals surface area contributed by atoms with Crippen LogP contribution in [0.3, 0.4) is 0 Å². The summed E-state index contributed by atoms with van der Waals surface area (Å²) in [6.07, 6.45) is 1.35. The second kappa shape index (κ2) is 7.50. The van der Waals surface area contributed by atoms with Crippen LogP contribution in [0.5, 0.6) is 0 Å². The van der Waals surface area contributed by atoms with Crippen molar-refractivity contribution in [1.29, 1.82) is 0 Å². The standard InChI is InChI=1S/C14H20O2S/c1-11(2)9-12(3)16-10-14-13(5-4-7-15)6-8-17-14/h6,8,11-12,15H,7,9-10H2,1-3H3. The Hall–Kier alpha value is -0.820. The lowest BCUT2D eigenvalue weighted by atomic mass is 10.1. The first-order valence-corrected chi connectivity index (χ1v) is 6.79. The quantitative estimate of drug-likeness (QED) is 0.816. The van der Waals surface area contributed by atoms with Crippen molar-refractivity contribution in [2.75, 3.05) is 6.61 Å². The summed E-state index contributed by atoms with van der Waals surface area (Å²) in [5.41, 5.74) is 0.973. The molecular formula is C14H20O2S. The Balaban J connectivity index is 2.49. The third-order valence-corrected chi connectivity index (χ3v) is 3.24. The third-order valence-electron chi connectivity index (χ3n) is 2.35. The molecule has 1 aromatic rings. The number of thiophene rings is 1. The summed E-state index contributed by atoms with van der Waals surface area (Å²) in [5.74, 6) is 6.26. The van der Waals surface area contributed by atoms with Crippen LogP contribution in [0.2, 0.25) is 0 Å². The van der Waals surface area contributed by atoms with Crippen molar-refractivity contribution >= 4 is 11.3 Å². The van der Waals surface area contributed by atoms with Gasteiger partial charge in [-0.2, -0.15) is 0 Å². The predicted octanol–water partition coefficient (Wildman–Crippen LogP) is 3.04. The highest BCUT2D eigenvalue weighted by atomic mass is 32.1. The van der Waals surface area contributed by atoms with Crippen LogP contribution < -0.4 is 0 Å². The zero-order chi connectivity index (χ0) is 12.7. The first-order chi connectivity index (χ1) is 8.13. The number of ether oxygens (including phenoxy) is 1. The van der Waals surface area contributed by atoms with Crippen molar-refractivity contribution in [2.24, 2.45) is 5.92 Å². The van der Waals surface area contributed by atoms with E-state index in [-0.39, 0.29) is 12.7 Å². The van der Waals surface area contributed by atoms with Crippen LogP contribution in [0.25, 0.3) is 0 Å². The topological polar surface area (TPSA) is 29.5 Å². The van der Waals surface area contributed by atoms with Crippen molar-refractivity contribution in [3.05, 3.63) is 21.9 Å². The van der Waals surface area contributed by atoms with Crippen LogP contribution in [-0.4, -0.2) is 17.8 Å². The van der Waals surface area contributed by atoms with Gasteiger partial charge in [0.25, 0.3) is 0 Å². The van der Waals surface area contributed by atoms with Gasteiger partial charge in [0.05, 0.1) is 12.7 Å². The van der Waals surface area contributed by atoms with E-state index in [9.17, 15) is 0 Å². The number of hydrogen-bond acceptors (Lipinski definition) is 3.